The van der Waals surface area contributed by atoms with Crippen molar-refractivity contribution in [2.24, 2.45) is 0 Å². The van der Waals surface area contributed by atoms with E-state index in [-0.39, 0.29) is 30.7 Å². The maximum absolute atomic E-state index is 12.7. The van der Waals surface area contributed by atoms with Gasteiger partial charge in [0.25, 0.3) is 11.8 Å². The highest BCUT2D eigenvalue weighted by atomic mass is 32.1. The molecule has 5 rings (SSSR count). The number of amides is 3. The fourth-order valence-corrected chi connectivity index (χ4v) is 5.38. The SMILES string of the molecule is O=C(CCN1C(=O)c2ccccc2C1=O)N1CCC(c2nc3ccccc3s2)CC1. The highest BCUT2D eigenvalue weighted by molar-refractivity contribution is 7.18. The van der Waals surface area contributed by atoms with Gasteiger partial charge in [-0.2, -0.15) is 0 Å². The van der Waals surface area contributed by atoms with Crippen molar-refractivity contribution >= 4 is 39.3 Å². The number of hydrogen-bond acceptors (Lipinski definition) is 5. The predicted molar refractivity (Wildman–Crippen MR) is 115 cm³/mol. The van der Waals surface area contributed by atoms with Crippen molar-refractivity contribution in [3.8, 4) is 0 Å². The molecule has 2 aromatic carbocycles. The van der Waals surface area contributed by atoms with Crippen LogP contribution >= 0.6 is 11.3 Å². The number of thiazole rings is 1. The molecule has 0 spiro atoms. The number of likely N-dealkylation sites (tertiary alicyclic amines) is 1. The quantitative estimate of drug-likeness (QED) is 0.605. The van der Waals surface area contributed by atoms with Crippen LogP contribution in [0, 0.1) is 0 Å². The van der Waals surface area contributed by atoms with Crippen LogP contribution in [0.2, 0.25) is 0 Å². The van der Waals surface area contributed by atoms with Gasteiger partial charge in [0.05, 0.1) is 26.4 Å². The van der Waals surface area contributed by atoms with Crippen molar-refractivity contribution in [2.75, 3.05) is 19.6 Å². The van der Waals surface area contributed by atoms with Crippen LogP contribution in [0.1, 0.15) is 50.9 Å². The summed E-state index contributed by atoms with van der Waals surface area (Å²) in [6, 6.07) is 15.0. The third kappa shape index (κ3) is 3.29. The van der Waals surface area contributed by atoms with Crippen LogP contribution in [-0.4, -0.2) is 52.1 Å². The maximum Gasteiger partial charge on any atom is 0.261 e. The van der Waals surface area contributed by atoms with Gasteiger partial charge >= 0.3 is 0 Å². The van der Waals surface area contributed by atoms with E-state index in [1.807, 2.05) is 23.1 Å². The lowest BCUT2D eigenvalue weighted by Gasteiger charge is -2.31. The van der Waals surface area contributed by atoms with Crippen molar-refractivity contribution in [2.45, 2.75) is 25.2 Å². The first-order valence-corrected chi connectivity index (χ1v) is 11.0. The van der Waals surface area contributed by atoms with Crippen LogP contribution < -0.4 is 0 Å². The molecule has 0 unspecified atom stereocenters. The molecule has 2 aliphatic heterocycles. The third-order valence-electron chi connectivity index (χ3n) is 5.93. The average Bonchev–Trinajstić information content (AvgIpc) is 3.32. The Morgan fingerprint density at radius 2 is 1.60 bits per heavy atom. The molecule has 152 valence electrons. The number of benzene rings is 2. The first-order valence-electron chi connectivity index (χ1n) is 10.2. The number of fused-ring (bicyclic) bond motifs is 2. The summed E-state index contributed by atoms with van der Waals surface area (Å²) in [4.78, 5) is 45.4. The van der Waals surface area contributed by atoms with Gasteiger partial charge in [0.1, 0.15) is 0 Å². The predicted octanol–water partition coefficient (Wildman–Crippen LogP) is 3.69. The van der Waals surface area contributed by atoms with Crippen LogP contribution in [0.25, 0.3) is 10.2 Å². The molecule has 1 saturated heterocycles. The minimum Gasteiger partial charge on any atom is -0.343 e. The maximum atomic E-state index is 12.7. The van der Waals surface area contributed by atoms with Crippen molar-refractivity contribution in [3.05, 3.63) is 64.7 Å². The summed E-state index contributed by atoms with van der Waals surface area (Å²) in [6.07, 6.45) is 1.94. The normalized spacial score (nSPS) is 17.1. The smallest absolute Gasteiger partial charge is 0.261 e. The lowest BCUT2D eigenvalue weighted by atomic mass is 9.97. The molecule has 0 aliphatic carbocycles. The summed E-state index contributed by atoms with van der Waals surface area (Å²) in [7, 11) is 0. The number of para-hydroxylation sites is 1. The van der Waals surface area contributed by atoms with Gasteiger partial charge in [-0.3, -0.25) is 19.3 Å². The van der Waals surface area contributed by atoms with Crippen molar-refractivity contribution < 1.29 is 14.4 Å². The van der Waals surface area contributed by atoms with Gasteiger partial charge in [-0.15, -0.1) is 11.3 Å². The Kier molecular flexibility index (Phi) is 4.83. The third-order valence-corrected chi connectivity index (χ3v) is 7.13. The number of nitrogens with zero attached hydrogens (tertiary/aromatic N) is 3. The van der Waals surface area contributed by atoms with Gasteiger partial charge < -0.3 is 4.90 Å². The zero-order valence-corrected chi connectivity index (χ0v) is 17.2. The molecule has 0 N–H and O–H groups in total. The Bertz CT molecular complexity index is 1080. The van der Waals surface area contributed by atoms with Crippen molar-refractivity contribution in [3.63, 3.8) is 0 Å². The van der Waals surface area contributed by atoms with Gasteiger partial charge in [-0.25, -0.2) is 4.98 Å². The average molecular weight is 420 g/mol. The molecule has 2 aliphatic rings. The van der Waals surface area contributed by atoms with Crippen LogP contribution in [0.5, 0.6) is 0 Å². The zero-order chi connectivity index (χ0) is 20.7. The molecular weight excluding hydrogens is 398 g/mol. The second-order valence-electron chi connectivity index (χ2n) is 7.73. The number of imide groups is 1. The Balaban J connectivity index is 1.17. The molecule has 1 aromatic heterocycles. The standard InChI is InChI=1S/C23H21N3O3S/c27-20(11-14-26-22(28)16-5-1-2-6-17(16)23(26)29)25-12-9-15(10-13-25)21-24-18-7-3-4-8-19(18)30-21/h1-8,15H,9-14H2. The van der Waals surface area contributed by atoms with E-state index in [1.165, 1.54) is 9.60 Å². The van der Waals surface area contributed by atoms with Crippen LogP contribution in [0.4, 0.5) is 0 Å². The molecule has 3 aromatic rings. The van der Waals surface area contributed by atoms with E-state index in [1.54, 1.807) is 35.6 Å². The van der Waals surface area contributed by atoms with Crippen LogP contribution in [0.15, 0.2) is 48.5 Å². The van der Waals surface area contributed by atoms with Crippen molar-refractivity contribution in [1.29, 1.82) is 0 Å². The summed E-state index contributed by atoms with van der Waals surface area (Å²) in [5, 5.41) is 1.15. The van der Waals surface area contributed by atoms with Gasteiger partial charge in [0.2, 0.25) is 5.91 Å². The van der Waals surface area contributed by atoms with E-state index in [0.29, 0.717) is 30.1 Å². The highest BCUT2D eigenvalue weighted by Crippen LogP contribution is 2.34. The lowest BCUT2D eigenvalue weighted by Crippen LogP contribution is -2.40. The summed E-state index contributed by atoms with van der Waals surface area (Å²) in [5.41, 5.74) is 1.88. The molecule has 0 saturated carbocycles. The lowest BCUT2D eigenvalue weighted by molar-refractivity contribution is -0.132. The molecule has 0 bridgehead atoms. The zero-order valence-electron chi connectivity index (χ0n) is 16.4. The molecule has 7 heteroatoms. The molecule has 3 amide bonds. The monoisotopic (exact) mass is 419 g/mol. The minimum absolute atomic E-state index is 0.00527. The number of rotatable bonds is 4. The largest absolute Gasteiger partial charge is 0.343 e. The Morgan fingerprint density at radius 1 is 0.967 bits per heavy atom. The topological polar surface area (TPSA) is 70.6 Å². The number of aromatic nitrogens is 1. The van der Waals surface area contributed by atoms with Crippen molar-refractivity contribution in [1.82, 2.24) is 14.8 Å². The number of carbonyl (C=O) groups excluding carboxylic acids is 3. The van der Waals surface area contributed by atoms with E-state index in [9.17, 15) is 14.4 Å². The fraction of sp³-hybridized carbons (Fsp3) is 0.304. The molecule has 0 radical (unpaired) electrons. The Labute approximate surface area is 178 Å². The Hall–Kier alpha value is -3.06. The molecule has 3 heterocycles. The van der Waals surface area contributed by atoms with Gasteiger partial charge in [0.15, 0.2) is 0 Å². The molecule has 0 atom stereocenters. The molecule has 6 nitrogen and oxygen atoms in total. The second-order valence-corrected chi connectivity index (χ2v) is 8.79. The fourth-order valence-electron chi connectivity index (χ4n) is 4.25. The molecular formula is C23H21N3O3S. The van der Waals surface area contributed by atoms with E-state index in [2.05, 4.69) is 6.07 Å². The van der Waals surface area contributed by atoms with Crippen LogP contribution in [-0.2, 0) is 4.79 Å². The van der Waals surface area contributed by atoms with E-state index >= 15 is 0 Å². The van der Waals surface area contributed by atoms with Gasteiger partial charge in [-0.05, 0) is 37.1 Å². The van der Waals surface area contributed by atoms with E-state index in [4.69, 9.17) is 4.98 Å². The highest BCUT2D eigenvalue weighted by Gasteiger charge is 2.35. The van der Waals surface area contributed by atoms with Gasteiger partial charge in [-0.1, -0.05) is 24.3 Å². The summed E-state index contributed by atoms with van der Waals surface area (Å²) < 4.78 is 1.20. The van der Waals surface area contributed by atoms with Gasteiger partial charge in [0, 0.05) is 32.0 Å². The first kappa shape index (κ1) is 18.9. The Morgan fingerprint density at radius 3 is 2.27 bits per heavy atom. The summed E-state index contributed by atoms with van der Waals surface area (Å²) in [6.45, 7) is 1.49. The molecule has 30 heavy (non-hydrogen) atoms. The first-order chi connectivity index (χ1) is 14.6. The number of piperidine rings is 1. The number of hydrogen-bond donors (Lipinski definition) is 0. The summed E-state index contributed by atoms with van der Waals surface area (Å²) >= 11 is 1.74. The van der Waals surface area contributed by atoms with E-state index < -0.39 is 0 Å². The second kappa shape index (κ2) is 7.65. The number of carbonyl (C=O) groups is 3. The minimum atomic E-state index is -0.307. The molecule has 1 fully saturated rings. The van der Waals surface area contributed by atoms with E-state index in [0.717, 1.165) is 23.4 Å². The summed E-state index contributed by atoms with van der Waals surface area (Å²) in [5.74, 6) is -0.243. The van der Waals surface area contributed by atoms with Crippen LogP contribution in [0.3, 0.4) is 0 Å².